The maximum Gasteiger partial charge on any atom is 0.146 e. The number of halogens is 1. The minimum absolute atomic E-state index is 0.0623. The van der Waals surface area contributed by atoms with Gasteiger partial charge < -0.3 is 15.9 Å². The zero-order valence-electron chi connectivity index (χ0n) is 6.76. The molecule has 2 atom stereocenters. The summed E-state index contributed by atoms with van der Waals surface area (Å²) in [7, 11) is 0. The van der Waals surface area contributed by atoms with Crippen molar-refractivity contribution in [2.75, 3.05) is 11.6 Å². The van der Waals surface area contributed by atoms with E-state index in [2.05, 4.69) is 10.2 Å². The van der Waals surface area contributed by atoms with E-state index in [-0.39, 0.29) is 17.4 Å². The first-order chi connectivity index (χ1) is 6.15. The molecule has 1 aromatic rings. The maximum absolute atomic E-state index is 9.40. The highest BCUT2D eigenvalue weighted by Crippen LogP contribution is 2.14. The van der Waals surface area contributed by atoms with Gasteiger partial charge in [-0.05, 0) is 12.1 Å². The van der Waals surface area contributed by atoms with Crippen LogP contribution in [0.2, 0.25) is 0 Å². The van der Waals surface area contributed by atoms with E-state index >= 15 is 0 Å². The van der Waals surface area contributed by atoms with E-state index in [0.717, 1.165) is 0 Å². The highest BCUT2D eigenvalue weighted by molar-refractivity contribution is 6.18. The van der Waals surface area contributed by atoms with Gasteiger partial charge in [0.05, 0.1) is 17.7 Å². The van der Waals surface area contributed by atoms with Gasteiger partial charge in [-0.1, -0.05) is 0 Å². The number of hydrogen-bond acceptors (Lipinski definition) is 5. The molecule has 72 valence electrons. The van der Waals surface area contributed by atoms with Crippen LogP contribution in [0.4, 0.5) is 5.82 Å². The Hall–Kier alpha value is -0.910. The second kappa shape index (κ2) is 4.36. The SMILES string of the molecule is Nc1ccc(C(O)C(O)CCl)nn1. The Morgan fingerprint density at radius 3 is 2.54 bits per heavy atom. The van der Waals surface area contributed by atoms with E-state index in [1.807, 2.05) is 0 Å². The van der Waals surface area contributed by atoms with E-state index in [1.54, 1.807) is 0 Å². The lowest BCUT2D eigenvalue weighted by atomic mass is 10.1. The number of hydrogen-bond donors (Lipinski definition) is 3. The van der Waals surface area contributed by atoms with Crippen LogP contribution in [-0.2, 0) is 0 Å². The molecule has 2 unspecified atom stereocenters. The van der Waals surface area contributed by atoms with Crippen LogP contribution >= 0.6 is 11.6 Å². The van der Waals surface area contributed by atoms with Crippen LogP contribution < -0.4 is 5.73 Å². The number of aliphatic hydroxyl groups is 2. The molecule has 0 saturated heterocycles. The quantitative estimate of drug-likeness (QED) is 0.587. The Kier molecular flexibility index (Phi) is 3.41. The van der Waals surface area contributed by atoms with Crippen LogP contribution in [0, 0.1) is 0 Å². The number of aromatic nitrogens is 2. The third-order valence-electron chi connectivity index (χ3n) is 1.53. The predicted octanol–water partition coefficient (Wildman–Crippen LogP) is -0.308. The van der Waals surface area contributed by atoms with Crippen molar-refractivity contribution >= 4 is 17.4 Å². The Morgan fingerprint density at radius 2 is 2.08 bits per heavy atom. The molecular formula is C7H10ClN3O2. The third kappa shape index (κ3) is 2.51. The van der Waals surface area contributed by atoms with Crippen molar-refractivity contribution < 1.29 is 10.2 Å². The fraction of sp³-hybridized carbons (Fsp3) is 0.429. The molecule has 0 aliphatic rings. The molecule has 1 heterocycles. The van der Waals surface area contributed by atoms with Gasteiger partial charge in [0.15, 0.2) is 0 Å². The number of nitrogen functional groups attached to an aromatic ring is 1. The Balaban J connectivity index is 2.77. The van der Waals surface area contributed by atoms with Crippen LogP contribution in [0.1, 0.15) is 11.8 Å². The average molecular weight is 204 g/mol. The van der Waals surface area contributed by atoms with Crippen molar-refractivity contribution in [3.8, 4) is 0 Å². The fourth-order valence-electron chi connectivity index (χ4n) is 0.792. The van der Waals surface area contributed by atoms with Gasteiger partial charge in [-0.15, -0.1) is 16.7 Å². The van der Waals surface area contributed by atoms with E-state index in [9.17, 15) is 5.11 Å². The largest absolute Gasteiger partial charge is 0.389 e. The molecule has 0 radical (unpaired) electrons. The number of nitrogens with two attached hydrogens (primary N) is 1. The van der Waals surface area contributed by atoms with Gasteiger partial charge in [0.1, 0.15) is 11.9 Å². The Labute approximate surface area is 80.2 Å². The maximum atomic E-state index is 9.40. The molecule has 0 bridgehead atoms. The summed E-state index contributed by atoms with van der Waals surface area (Å²) >= 11 is 5.35. The van der Waals surface area contributed by atoms with Gasteiger partial charge >= 0.3 is 0 Å². The number of aliphatic hydroxyl groups excluding tert-OH is 2. The van der Waals surface area contributed by atoms with E-state index < -0.39 is 12.2 Å². The summed E-state index contributed by atoms with van der Waals surface area (Å²) in [4.78, 5) is 0. The summed E-state index contributed by atoms with van der Waals surface area (Å²) < 4.78 is 0. The summed E-state index contributed by atoms with van der Waals surface area (Å²) in [6, 6.07) is 2.98. The summed E-state index contributed by atoms with van der Waals surface area (Å²) in [6.45, 7) is 0. The molecule has 0 amide bonds. The second-order valence-corrected chi connectivity index (χ2v) is 2.86. The van der Waals surface area contributed by atoms with Crippen molar-refractivity contribution in [2.24, 2.45) is 0 Å². The van der Waals surface area contributed by atoms with E-state index in [1.165, 1.54) is 12.1 Å². The highest BCUT2D eigenvalue weighted by atomic mass is 35.5. The number of rotatable bonds is 3. The van der Waals surface area contributed by atoms with Crippen molar-refractivity contribution in [3.63, 3.8) is 0 Å². The molecule has 0 spiro atoms. The standard InChI is InChI=1S/C7H10ClN3O2/c8-3-5(12)7(13)4-1-2-6(9)11-10-4/h1-2,5,7,12-13H,3H2,(H2,9,11). The van der Waals surface area contributed by atoms with Crippen molar-refractivity contribution in [1.82, 2.24) is 10.2 Å². The van der Waals surface area contributed by atoms with Crippen LogP contribution in [0.5, 0.6) is 0 Å². The summed E-state index contributed by atoms with van der Waals surface area (Å²) in [6.07, 6.45) is -2.16. The Morgan fingerprint density at radius 1 is 1.38 bits per heavy atom. The van der Waals surface area contributed by atoms with Gasteiger partial charge in [-0.25, -0.2) is 0 Å². The number of nitrogens with zero attached hydrogens (tertiary/aromatic N) is 2. The van der Waals surface area contributed by atoms with Gasteiger partial charge in [-0.3, -0.25) is 0 Å². The van der Waals surface area contributed by atoms with Gasteiger partial charge in [0.25, 0.3) is 0 Å². The number of alkyl halides is 1. The zero-order chi connectivity index (χ0) is 9.84. The molecular weight excluding hydrogens is 194 g/mol. The first-order valence-electron chi connectivity index (χ1n) is 3.66. The summed E-state index contributed by atoms with van der Waals surface area (Å²) in [5, 5.41) is 25.7. The fourth-order valence-corrected chi connectivity index (χ4v) is 0.961. The normalized spacial score (nSPS) is 15.3. The van der Waals surface area contributed by atoms with Crippen LogP contribution in [-0.4, -0.2) is 32.4 Å². The monoisotopic (exact) mass is 203 g/mol. The lowest BCUT2D eigenvalue weighted by molar-refractivity contribution is 0.0294. The molecule has 1 aromatic heterocycles. The topological polar surface area (TPSA) is 92.3 Å². The van der Waals surface area contributed by atoms with Gasteiger partial charge in [0.2, 0.25) is 0 Å². The Bertz CT molecular complexity index is 267. The van der Waals surface area contributed by atoms with Gasteiger partial charge in [-0.2, -0.15) is 5.10 Å². The van der Waals surface area contributed by atoms with Crippen molar-refractivity contribution in [2.45, 2.75) is 12.2 Å². The van der Waals surface area contributed by atoms with Gasteiger partial charge in [0, 0.05) is 0 Å². The molecule has 0 fully saturated rings. The lowest BCUT2D eigenvalue weighted by Gasteiger charge is -2.13. The van der Waals surface area contributed by atoms with Crippen molar-refractivity contribution in [3.05, 3.63) is 17.8 Å². The first-order valence-corrected chi connectivity index (χ1v) is 4.20. The second-order valence-electron chi connectivity index (χ2n) is 2.55. The molecule has 0 aliphatic heterocycles. The molecule has 6 heteroatoms. The highest BCUT2D eigenvalue weighted by Gasteiger charge is 2.18. The first kappa shape index (κ1) is 10.2. The van der Waals surface area contributed by atoms with Crippen molar-refractivity contribution in [1.29, 1.82) is 0 Å². The molecule has 0 aromatic carbocycles. The third-order valence-corrected chi connectivity index (χ3v) is 1.85. The zero-order valence-corrected chi connectivity index (χ0v) is 7.52. The molecule has 4 N–H and O–H groups in total. The average Bonchev–Trinajstić information content (AvgIpc) is 2.17. The van der Waals surface area contributed by atoms with Crippen LogP contribution in [0.15, 0.2) is 12.1 Å². The molecule has 5 nitrogen and oxygen atoms in total. The molecule has 13 heavy (non-hydrogen) atoms. The van der Waals surface area contributed by atoms with Crippen LogP contribution in [0.25, 0.3) is 0 Å². The molecule has 1 rings (SSSR count). The van der Waals surface area contributed by atoms with E-state index in [0.29, 0.717) is 0 Å². The van der Waals surface area contributed by atoms with Crippen LogP contribution in [0.3, 0.4) is 0 Å². The predicted molar refractivity (Wildman–Crippen MR) is 48.1 cm³/mol. The summed E-state index contributed by atoms with van der Waals surface area (Å²) in [5.74, 6) is 0.198. The number of anilines is 1. The smallest absolute Gasteiger partial charge is 0.146 e. The van der Waals surface area contributed by atoms with E-state index in [4.69, 9.17) is 22.4 Å². The molecule has 0 aliphatic carbocycles. The minimum Gasteiger partial charge on any atom is -0.389 e. The summed E-state index contributed by atoms with van der Waals surface area (Å²) in [5.41, 5.74) is 5.54. The molecule has 0 saturated carbocycles. The minimum atomic E-state index is -1.12. The lowest BCUT2D eigenvalue weighted by Crippen LogP contribution is -2.21.